The second-order valence-electron chi connectivity index (χ2n) is 8.69. The summed E-state index contributed by atoms with van der Waals surface area (Å²) in [5, 5.41) is 3.52. The molecular formula is C24H31Cl2N3O4S. The van der Waals surface area contributed by atoms with Crippen molar-refractivity contribution in [2.75, 3.05) is 23.7 Å². The predicted molar refractivity (Wildman–Crippen MR) is 138 cm³/mol. The Labute approximate surface area is 212 Å². The zero-order chi connectivity index (χ0) is 25.6. The van der Waals surface area contributed by atoms with Crippen LogP contribution < -0.4 is 9.62 Å². The molecule has 1 N–H and O–H groups in total. The molecule has 0 bridgehead atoms. The van der Waals surface area contributed by atoms with Crippen molar-refractivity contribution in [3.63, 3.8) is 0 Å². The van der Waals surface area contributed by atoms with E-state index in [1.807, 2.05) is 26.8 Å². The van der Waals surface area contributed by atoms with Gasteiger partial charge in [-0.3, -0.25) is 13.9 Å². The summed E-state index contributed by atoms with van der Waals surface area (Å²) in [6.45, 7) is 7.44. The summed E-state index contributed by atoms with van der Waals surface area (Å²) in [5.41, 5.74) is 1.89. The van der Waals surface area contributed by atoms with Crippen LogP contribution in [0.25, 0.3) is 0 Å². The maximum Gasteiger partial charge on any atom is 0.244 e. The molecule has 1 unspecified atom stereocenters. The van der Waals surface area contributed by atoms with E-state index in [-0.39, 0.29) is 18.4 Å². The van der Waals surface area contributed by atoms with E-state index in [2.05, 4.69) is 5.32 Å². The largest absolute Gasteiger partial charge is 0.354 e. The number of amides is 2. The summed E-state index contributed by atoms with van der Waals surface area (Å²) in [5.74, 6) is -0.619. The first-order valence-electron chi connectivity index (χ1n) is 10.8. The summed E-state index contributed by atoms with van der Waals surface area (Å²) in [7, 11) is -3.77. The Morgan fingerprint density at radius 3 is 2.26 bits per heavy atom. The monoisotopic (exact) mass is 527 g/mol. The van der Waals surface area contributed by atoms with Crippen LogP contribution in [-0.2, 0) is 26.2 Å². The molecule has 0 heterocycles. The zero-order valence-corrected chi connectivity index (χ0v) is 22.3. The molecule has 1 atom stereocenters. The lowest BCUT2D eigenvalue weighted by molar-refractivity contribution is -0.139. The fourth-order valence-electron chi connectivity index (χ4n) is 3.27. The van der Waals surface area contributed by atoms with Gasteiger partial charge in [0, 0.05) is 13.1 Å². The van der Waals surface area contributed by atoms with Gasteiger partial charge in [-0.05, 0) is 55.2 Å². The van der Waals surface area contributed by atoms with Crippen molar-refractivity contribution in [1.82, 2.24) is 10.2 Å². The molecule has 0 saturated carbocycles. The standard InChI is InChI=1S/C24H31Cl2N3O4S/c1-16(2)13-27-24(31)18(4)28(14-19-9-10-21(25)22(26)12-19)23(30)15-29(34(5,32)33)20-8-6-7-17(3)11-20/h6-12,16,18H,13-15H2,1-5H3,(H,27,31). The van der Waals surface area contributed by atoms with Crippen molar-refractivity contribution in [3.8, 4) is 0 Å². The highest BCUT2D eigenvalue weighted by Gasteiger charge is 2.30. The molecule has 0 aromatic heterocycles. The first-order chi connectivity index (χ1) is 15.8. The number of benzene rings is 2. The quantitative estimate of drug-likeness (QED) is 0.500. The minimum Gasteiger partial charge on any atom is -0.354 e. The third kappa shape index (κ3) is 7.89. The molecule has 0 aliphatic heterocycles. The molecule has 7 nitrogen and oxygen atoms in total. The smallest absolute Gasteiger partial charge is 0.244 e. The molecule has 2 amide bonds. The number of anilines is 1. The van der Waals surface area contributed by atoms with E-state index in [0.717, 1.165) is 16.1 Å². The van der Waals surface area contributed by atoms with Gasteiger partial charge >= 0.3 is 0 Å². The SMILES string of the molecule is Cc1cccc(N(CC(=O)N(Cc2ccc(Cl)c(Cl)c2)C(C)C(=O)NCC(C)C)S(C)(=O)=O)c1. The zero-order valence-electron chi connectivity index (χ0n) is 20.0. The minimum atomic E-state index is -3.77. The van der Waals surface area contributed by atoms with E-state index < -0.39 is 28.5 Å². The van der Waals surface area contributed by atoms with Crippen LogP contribution in [0.5, 0.6) is 0 Å². The van der Waals surface area contributed by atoms with Crippen molar-refractivity contribution in [2.24, 2.45) is 5.92 Å². The van der Waals surface area contributed by atoms with Crippen molar-refractivity contribution in [1.29, 1.82) is 0 Å². The molecule has 0 aliphatic carbocycles. The summed E-state index contributed by atoms with van der Waals surface area (Å²) in [6.07, 6.45) is 1.05. The second-order valence-corrected chi connectivity index (χ2v) is 11.4. The van der Waals surface area contributed by atoms with E-state index in [1.165, 1.54) is 4.90 Å². The van der Waals surface area contributed by atoms with Gasteiger partial charge in [0.1, 0.15) is 12.6 Å². The lowest BCUT2D eigenvalue weighted by Gasteiger charge is -2.31. The molecule has 0 radical (unpaired) electrons. The number of hydrogen-bond acceptors (Lipinski definition) is 4. The van der Waals surface area contributed by atoms with Crippen LogP contribution in [0.3, 0.4) is 0 Å². The van der Waals surface area contributed by atoms with Crippen LogP contribution in [0, 0.1) is 12.8 Å². The Morgan fingerprint density at radius 1 is 1.03 bits per heavy atom. The van der Waals surface area contributed by atoms with Gasteiger partial charge in [0.05, 0.1) is 22.0 Å². The van der Waals surface area contributed by atoms with Crippen LogP contribution in [0.4, 0.5) is 5.69 Å². The summed E-state index contributed by atoms with van der Waals surface area (Å²) >= 11 is 12.2. The second kappa shape index (κ2) is 11.9. The molecule has 34 heavy (non-hydrogen) atoms. The normalized spacial score (nSPS) is 12.4. The molecule has 2 aromatic rings. The number of sulfonamides is 1. The van der Waals surface area contributed by atoms with Gasteiger partial charge in [-0.1, -0.05) is 55.2 Å². The molecule has 0 aliphatic rings. The molecule has 2 aromatic carbocycles. The van der Waals surface area contributed by atoms with Crippen LogP contribution in [0.1, 0.15) is 31.9 Å². The molecule has 2 rings (SSSR count). The van der Waals surface area contributed by atoms with E-state index in [4.69, 9.17) is 23.2 Å². The number of rotatable bonds is 10. The highest BCUT2D eigenvalue weighted by atomic mass is 35.5. The third-order valence-electron chi connectivity index (χ3n) is 5.16. The third-order valence-corrected chi connectivity index (χ3v) is 7.04. The van der Waals surface area contributed by atoms with Gasteiger partial charge in [-0.15, -0.1) is 0 Å². The Bertz CT molecular complexity index is 1140. The van der Waals surface area contributed by atoms with Gasteiger partial charge in [0.25, 0.3) is 0 Å². The lowest BCUT2D eigenvalue weighted by atomic mass is 10.1. The number of carbonyl (C=O) groups excluding carboxylic acids is 2. The summed E-state index contributed by atoms with van der Waals surface area (Å²) in [6, 6.07) is 11.0. The Balaban J connectivity index is 2.39. The van der Waals surface area contributed by atoms with Crippen molar-refractivity contribution in [2.45, 2.75) is 40.3 Å². The van der Waals surface area contributed by atoms with E-state index in [9.17, 15) is 18.0 Å². The van der Waals surface area contributed by atoms with Gasteiger partial charge in [0.15, 0.2) is 0 Å². The van der Waals surface area contributed by atoms with Gasteiger partial charge < -0.3 is 10.2 Å². The van der Waals surface area contributed by atoms with Crippen LogP contribution >= 0.6 is 23.2 Å². The Kier molecular flexibility index (Phi) is 9.79. The maximum atomic E-state index is 13.5. The number of aryl methyl sites for hydroxylation is 1. The van der Waals surface area contributed by atoms with Crippen LogP contribution in [-0.4, -0.2) is 50.5 Å². The number of nitrogens with one attached hydrogen (secondary N) is 1. The molecular weight excluding hydrogens is 497 g/mol. The van der Waals surface area contributed by atoms with Crippen molar-refractivity contribution in [3.05, 3.63) is 63.6 Å². The van der Waals surface area contributed by atoms with Gasteiger partial charge in [-0.2, -0.15) is 0 Å². The Hall–Kier alpha value is -2.29. The van der Waals surface area contributed by atoms with E-state index in [0.29, 0.717) is 27.8 Å². The average molecular weight is 529 g/mol. The number of halogens is 2. The fraction of sp³-hybridized carbons (Fsp3) is 0.417. The first kappa shape index (κ1) is 28.0. The predicted octanol–water partition coefficient (Wildman–Crippen LogP) is 4.26. The number of nitrogens with zero attached hydrogens (tertiary/aromatic N) is 2. The Morgan fingerprint density at radius 2 is 1.71 bits per heavy atom. The summed E-state index contributed by atoms with van der Waals surface area (Å²) in [4.78, 5) is 27.6. The van der Waals surface area contributed by atoms with Crippen molar-refractivity contribution >= 4 is 50.7 Å². The van der Waals surface area contributed by atoms with Crippen LogP contribution in [0.2, 0.25) is 10.0 Å². The van der Waals surface area contributed by atoms with Crippen molar-refractivity contribution < 1.29 is 18.0 Å². The fourth-order valence-corrected chi connectivity index (χ4v) is 4.43. The molecule has 10 heteroatoms. The lowest BCUT2D eigenvalue weighted by Crippen LogP contribution is -2.51. The van der Waals surface area contributed by atoms with E-state index >= 15 is 0 Å². The average Bonchev–Trinajstić information content (AvgIpc) is 2.75. The number of carbonyl (C=O) groups is 2. The molecule has 0 saturated heterocycles. The topological polar surface area (TPSA) is 86.8 Å². The van der Waals surface area contributed by atoms with E-state index in [1.54, 1.807) is 43.3 Å². The highest BCUT2D eigenvalue weighted by molar-refractivity contribution is 7.92. The minimum absolute atomic E-state index is 0.0530. The van der Waals surface area contributed by atoms with Gasteiger partial charge in [-0.25, -0.2) is 8.42 Å². The molecule has 186 valence electrons. The van der Waals surface area contributed by atoms with Gasteiger partial charge in [0.2, 0.25) is 21.8 Å². The number of hydrogen-bond donors (Lipinski definition) is 1. The van der Waals surface area contributed by atoms with Crippen LogP contribution in [0.15, 0.2) is 42.5 Å². The first-order valence-corrected chi connectivity index (χ1v) is 13.5. The maximum absolute atomic E-state index is 13.5. The summed E-state index contributed by atoms with van der Waals surface area (Å²) < 4.78 is 26.2. The molecule has 0 fully saturated rings. The highest BCUT2D eigenvalue weighted by Crippen LogP contribution is 2.24. The molecule has 0 spiro atoms.